The predicted molar refractivity (Wildman–Crippen MR) is 485 cm³/mol. The highest BCUT2D eigenvalue weighted by molar-refractivity contribution is 7.95. The number of methoxy groups -OCH3 is 8. The van der Waals surface area contributed by atoms with Crippen LogP contribution < -0.4 is 61.6 Å². The van der Waals surface area contributed by atoms with Crippen LogP contribution in [0.3, 0.4) is 0 Å². The van der Waals surface area contributed by atoms with Crippen molar-refractivity contribution in [3.8, 4) is 107 Å². The third kappa shape index (κ3) is 23.1. The van der Waals surface area contributed by atoms with Crippen molar-refractivity contribution in [2.75, 3.05) is 132 Å². The number of aryl methyl sites for hydroxylation is 1. The maximum Gasteiger partial charge on any atom is 0.153 e. The van der Waals surface area contributed by atoms with E-state index >= 15 is 0 Å². The fourth-order valence-electron chi connectivity index (χ4n) is 12.3. The van der Waals surface area contributed by atoms with E-state index in [0.717, 1.165) is 140 Å². The normalized spacial score (nSPS) is 12.9. The van der Waals surface area contributed by atoms with E-state index in [1.54, 1.807) is 110 Å². The molecule has 4 heterocycles. The third-order valence-electron chi connectivity index (χ3n) is 18.8. The molecule has 0 saturated carbocycles. The van der Waals surface area contributed by atoms with E-state index in [9.17, 15) is 8.42 Å². The zero-order chi connectivity index (χ0) is 83.9. The molecule has 0 fully saturated rings. The first-order chi connectivity index (χ1) is 57.1. The summed E-state index contributed by atoms with van der Waals surface area (Å²) in [5.41, 5.74) is 8.25. The molecular formula is C96H103N3O16S4. The van der Waals surface area contributed by atoms with Crippen molar-refractivity contribution in [1.29, 1.82) is 0 Å². The molecule has 0 spiro atoms. The van der Waals surface area contributed by atoms with Crippen LogP contribution in [0.15, 0.2) is 252 Å². The monoisotopic (exact) mass is 1680 g/mol. The lowest BCUT2D eigenvalue weighted by molar-refractivity contribution is 0.179. The molecular weight excluding hydrogens is 1580 g/mol. The van der Waals surface area contributed by atoms with Crippen molar-refractivity contribution in [1.82, 2.24) is 14.7 Å². The van der Waals surface area contributed by atoms with Crippen molar-refractivity contribution in [3.63, 3.8) is 0 Å². The number of hydrogen-bond acceptors (Lipinski definition) is 21. The molecule has 0 radical (unpaired) electrons. The van der Waals surface area contributed by atoms with Gasteiger partial charge in [-0.2, -0.15) is 0 Å². The molecule has 11 aromatic carbocycles. The SMILES string of the molecule is C.CN(C)COc1ccc(O)cc1.COc1ccc(-c2sc3cc(OC)ccc3c2C)cc1.COc1ccc(-c2sc3cc(OC)ccc3c2Oc2ccc(OCCN(C)C)cc2)cc1.COc1ccc(C2=C(C)c3ccc(OC)cc3S2=O)cc1.COc1ccc(C2=C(Oc3ccc(OCCN(C)C)cc3)c3ccc(OC)cc3S2=O)cc1. The number of rotatable bonds is 27. The van der Waals surface area contributed by atoms with Crippen LogP contribution in [0.2, 0.25) is 0 Å². The maximum absolute atomic E-state index is 13.5. The molecule has 2 aliphatic heterocycles. The molecule has 2 unspecified atom stereocenters. The minimum absolute atomic E-state index is 0. The smallest absolute Gasteiger partial charge is 0.153 e. The largest absolute Gasteiger partial charge is 0.508 e. The van der Waals surface area contributed by atoms with Crippen molar-refractivity contribution in [2.45, 2.75) is 31.1 Å². The Morgan fingerprint density at radius 3 is 1.13 bits per heavy atom. The third-order valence-corrected chi connectivity index (χ3v) is 24.4. The summed E-state index contributed by atoms with van der Waals surface area (Å²) in [7, 11) is 22.5. The minimum Gasteiger partial charge on any atom is -0.508 e. The van der Waals surface area contributed by atoms with E-state index in [1.807, 2.05) is 230 Å². The second-order valence-corrected chi connectivity index (χ2v) is 32.5. The molecule has 2 aliphatic rings. The van der Waals surface area contributed by atoms with Crippen LogP contribution >= 0.6 is 22.7 Å². The Balaban J connectivity index is 0.000000162. The van der Waals surface area contributed by atoms with Gasteiger partial charge >= 0.3 is 0 Å². The van der Waals surface area contributed by atoms with Crippen LogP contribution in [-0.2, 0) is 21.6 Å². The van der Waals surface area contributed by atoms with E-state index in [1.165, 1.54) is 26.1 Å². The number of phenols is 1. The Morgan fingerprint density at radius 1 is 0.336 bits per heavy atom. The first kappa shape index (κ1) is 89.5. The van der Waals surface area contributed by atoms with E-state index in [2.05, 4.69) is 53.1 Å². The Morgan fingerprint density at radius 2 is 0.672 bits per heavy atom. The number of benzene rings is 11. The number of ether oxygens (including phenoxy) is 13. The molecule has 15 rings (SSSR count). The summed E-state index contributed by atoms with van der Waals surface area (Å²) in [5, 5.41) is 11.3. The number of likely N-dealkylation sites (N-methyl/N-ethyl adjacent to an activating group) is 2. The van der Waals surface area contributed by atoms with Crippen LogP contribution in [0.25, 0.3) is 62.2 Å². The zero-order valence-electron chi connectivity index (χ0n) is 69.2. The average Bonchev–Trinajstić information content (AvgIpc) is 1.62. The van der Waals surface area contributed by atoms with E-state index < -0.39 is 21.6 Å². The van der Waals surface area contributed by atoms with Crippen molar-refractivity contribution >= 4 is 85.6 Å². The zero-order valence-corrected chi connectivity index (χ0v) is 72.4. The second-order valence-electron chi connectivity index (χ2n) is 27.6. The Hall–Kier alpha value is -11.8. The molecule has 0 saturated heterocycles. The fraction of sp³-hybridized carbons (Fsp3) is 0.229. The van der Waals surface area contributed by atoms with Crippen LogP contribution in [-0.4, -0.2) is 160 Å². The second kappa shape index (κ2) is 43.1. The summed E-state index contributed by atoms with van der Waals surface area (Å²) < 4.78 is 101. The molecule has 2 aromatic heterocycles. The lowest BCUT2D eigenvalue weighted by atomic mass is 10.0. The molecule has 622 valence electrons. The number of hydrogen-bond donors (Lipinski definition) is 1. The van der Waals surface area contributed by atoms with Gasteiger partial charge in [-0.3, -0.25) is 4.90 Å². The summed E-state index contributed by atoms with van der Waals surface area (Å²) in [6.07, 6.45) is 0. The molecule has 23 heteroatoms. The molecule has 19 nitrogen and oxygen atoms in total. The number of nitrogens with zero attached hydrogens (tertiary/aromatic N) is 3. The van der Waals surface area contributed by atoms with Gasteiger partial charge in [-0.1, -0.05) is 19.6 Å². The van der Waals surface area contributed by atoms with Crippen LogP contribution in [0.5, 0.6) is 86.2 Å². The topological polar surface area (TPSA) is 184 Å². The Bertz CT molecular complexity index is 5600. The molecule has 119 heavy (non-hydrogen) atoms. The summed E-state index contributed by atoms with van der Waals surface area (Å²) in [6, 6.07) is 76.8. The molecule has 1 N–H and O–H groups in total. The summed E-state index contributed by atoms with van der Waals surface area (Å²) in [5.74, 6) is 11.8. The molecule has 0 aliphatic carbocycles. The van der Waals surface area contributed by atoms with Gasteiger partial charge in [0, 0.05) is 38.3 Å². The number of phenolic OH excluding ortho intramolecular Hbond substituents is 1. The molecule has 0 amide bonds. The number of fused-ring (bicyclic) bond motifs is 4. The van der Waals surface area contributed by atoms with Gasteiger partial charge < -0.3 is 76.5 Å². The number of allylic oxidation sites excluding steroid dienone is 1. The van der Waals surface area contributed by atoms with Crippen molar-refractivity contribution < 1.29 is 75.1 Å². The molecule has 2 atom stereocenters. The first-order valence-corrected chi connectivity index (χ1v) is 41.7. The summed E-state index contributed by atoms with van der Waals surface area (Å²) in [6.45, 7) is 7.68. The van der Waals surface area contributed by atoms with E-state index in [4.69, 9.17) is 66.7 Å². The quantitative estimate of drug-likeness (QED) is 0.0479. The lowest BCUT2D eigenvalue weighted by Crippen LogP contribution is -2.19. The number of thiophene rings is 2. The standard InChI is InChI=1S/C26H27NO5S.C26H27NO4S.C17H16O3S.C17H16O2S.C9H13NO2.CH4/c1-27(2)15-16-31-20-9-11-21(12-10-20)32-25-23-14-13-22(30-4)17-24(23)33(28)26(25)18-5-7-19(29-3)8-6-18;1-27(2)15-16-30-20-9-11-21(12-10-20)31-25-23-14-13-22(29-4)17-24(23)32-26(25)18-5-7-19(28-3)8-6-18;1-11-15-9-8-14(20-3)10-16(15)21(18)17(11)12-4-6-13(19-2)7-5-12;1-11-15-9-8-14(19-3)10-16(15)20-17(11)12-4-6-13(18-2)7-5-12;1-10(2)7-12-9-5-3-8(11)4-6-9;/h5-14,17H,15-16H2,1-4H3;5-14,17H,15-16H2,1-4H3;4-10H,1-3H3;4-10H,1-3H3;3-6,11H,7H2,1-2H3;1H4. The highest BCUT2D eigenvalue weighted by Gasteiger charge is 2.33. The van der Waals surface area contributed by atoms with E-state index in [0.29, 0.717) is 47.0 Å². The molecule has 0 bridgehead atoms. The summed E-state index contributed by atoms with van der Waals surface area (Å²) >= 11 is 3.48. The first-order valence-electron chi connectivity index (χ1n) is 37.7. The van der Waals surface area contributed by atoms with Gasteiger partial charge in [0.25, 0.3) is 0 Å². The summed E-state index contributed by atoms with van der Waals surface area (Å²) in [4.78, 5) is 11.4. The van der Waals surface area contributed by atoms with Gasteiger partial charge in [-0.15, -0.1) is 22.7 Å². The number of aromatic hydroxyl groups is 1. The van der Waals surface area contributed by atoms with E-state index in [-0.39, 0.29) is 13.2 Å². The molecule has 13 aromatic rings. The van der Waals surface area contributed by atoms with Crippen LogP contribution in [0.1, 0.15) is 42.2 Å². The van der Waals surface area contributed by atoms with Gasteiger partial charge in [-0.25, -0.2) is 8.42 Å². The van der Waals surface area contributed by atoms with Crippen LogP contribution in [0.4, 0.5) is 0 Å². The van der Waals surface area contributed by atoms with Gasteiger partial charge in [0.1, 0.15) is 100 Å². The van der Waals surface area contributed by atoms with Gasteiger partial charge in [-0.05, 0) is 331 Å². The minimum atomic E-state index is -1.42. The Labute approximate surface area is 711 Å². The highest BCUT2D eigenvalue weighted by atomic mass is 32.2. The lowest BCUT2D eigenvalue weighted by Gasteiger charge is -2.13. The Kier molecular flexibility index (Phi) is 32.4. The van der Waals surface area contributed by atoms with Gasteiger partial charge in [0.05, 0.1) is 103 Å². The maximum atomic E-state index is 13.5. The fourth-order valence-corrected chi connectivity index (χ4v) is 17.8. The van der Waals surface area contributed by atoms with Gasteiger partial charge in [0.15, 0.2) is 11.5 Å². The van der Waals surface area contributed by atoms with Crippen molar-refractivity contribution in [3.05, 3.63) is 270 Å². The van der Waals surface area contributed by atoms with Crippen LogP contribution in [0, 0.1) is 6.92 Å². The van der Waals surface area contributed by atoms with Gasteiger partial charge in [0.2, 0.25) is 0 Å². The predicted octanol–water partition coefficient (Wildman–Crippen LogP) is 21.5. The highest BCUT2D eigenvalue weighted by Crippen LogP contribution is 2.50. The average molecular weight is 1680 g/mol. The van der Waals surface area contributed by atoms with Crippen molar-refractivity contribution in [2.24, 2.45) is 0 Å².